The SMILES string of the molecule is C\C=C/N=C1/C=C(CNC2=CNCC=C2OC2CNC2)C=C(P)/C1=C\CC. The Kier molecular flexibility index (Phi) is 7.08. The molecule has 3 rings (SSSR count). The molecule has 3 N–H and O–H groups in total. The Morgan fingerprint density at radius 2 is 2.22 bits per heavy atom. The molecule has 6 heteroatoms. The zero-order chi connectivity index (χ0) is 19.1. The van der Waals surface area contributed by atoms with Crippen LogP contribution in [-0.2, 0) is 4.74 Å². The van der Waals surface area contributed by atoms with Gasteiger partial charge in [-0.1, -0.05) is 19.1 Å². The van der Waals surface area contributed by atoms with Gasteiger partial charge in [0, 0.05) is 44.2 Å². The number of dihydropyridines is 1. The van der Waals surface area contributed by atoms with E-state index in [1.165, 1.54) is 16.5 Å². The maximum atomic E-state index is 6.07. The number of rotatable bonds is 7. The van der Waals surface area contributed by atoms with Gasteiger partial charge in [-0.3, -0.25) is 4.99 Å². The summed E-state index contributed by atoms with van der Waals surface area (Å²) in [4.78, 5) is 4.61. The van der Waals surface area contributed by atoms with E-state index in [0.717, 1.165) is 43.2 Å². The van der Waals surface area contributed by atoms with Crippen molar-refractivity contribution in [3.05, 3.63) is 70.7 Å². The number of ether oxygens (including phenoxy) is 1. The highest BCUT2D eigenvalue weighted by Gasteiger charge is 2.22. The second kappa shape index (κ2) is 9.72. The Labute approximate surface area is 164 Å². The lowest BCUT2D eigenvalue weighted by Gasteiger charge is -2.31. The number of nitrogens with zero attached hydrogens (tertiary/aromatic N) is 1. The molecule has 0 aromatic rings. The number of hydrogen-bond donors (Lipinski definition) is 3. The topological polar surface area (TPSA) is 57.7 Å². The summed E-state index contributed by atoms with van der Waals surface area (Å²) in [6.07, 6.45) is 15.7. The van der Waals surface area contributed by atoms with E-state index in [0.29, 0.717) is 6.54 Å². The monoisotopic (exact) mass is 384 g/mol. The van der Waals surface area contributed by atoms with Crippen molar-refractivity contribution in [2.45, 2.75) is 26.4 Å². The van der Waals surface area contributed by atoms with Crippen LogP contribution in [0.5, 0.6) is 0 Å². The maximum Gasteiger partial charge on any atom is 0.142 e. The standard InChI is InChI=1S/C21H29N4OP/c1-3-5-17-18(24-7-4-2)9-15(10-21(17)27)11-25-19-14-22-8-6-20(19)26-16-12-23-13-16/h4-7,9-10,14,16,22-23,25H,3,8,11-13,27H2,1-2H3/b7-4-,17-5-,24-18-. The van der Waals surface area contributed by atoms with Gasteiger partial charge in [0.25, 0.3) is 0 Å². The fraction of sp³-hybridized carbons (Fsp3) is 0.381. The van der Waals surface area contributed by atoms with Crippen LogP contribution in [0.25, 0.3) is 0 Å². The van der Waals surface area contributed by atoms with Gasteiger partial charge >= 0.3 is 0 Å². The molecular formula is C21H29N4OP. The smallest absolute Gasteiger partial charge is 0.142 e. The summed E-state index contributed by atoms with van der Waals surface area (Å²) in [6.45, 7) is 7.47. The van der Waals surface area contributed by atoms with Crippen LogP contribution in [-0.4, -0.2) is 38.0 Å². The van der Waals surface area contributed by atoms with E-state index in [1.54, 1.807) is 0 Å². The Balaban J connectivity index is 1.69. The van der Waals surface area contributed by atoms with Gasteiger partial charge in [-0.25, -0.2) is 0 Å². The molecule has 2 heterocycles. The first kappa shape index (κ1) is 19.7. The van der Waals surface area contributed by atoms with Gasteiger partial charge in [0.05, 0.1) is 11.4 Å². The maximum absolute atomic E-state index is 6.07. The number of aliphatic imine (C=N–C) groups is 1. The van der Waals surface area contributed by atoms with E-state index in [9.17, 15) is 0 Å². The molecule has 2 aliphatic heterocycles. The molecule has 3 aliphatic rings. The van der Waals surface area contributed by atoms with Crippen LogP contribution in [0.15, 0.2) is 75.7 Å². The summed E-state index contributed by atoms with van der Waals surface area (Å²) in [5.74, 6) is 0.932. The van der Waals surface area contributed by atoms with Crippen molar-refractivity contribution in [3.8, 4) is 0 Å². The van der Waals surface area contributed by atoms with Crippen molar-refractivity contribution < 1.29 is 4.74 Å². The molecular weight excluding hydrogens is 355 g/mol. The molecule has 27 heavy (non-hydrogen) atoms. The van der Waals surface area contributed by atoms with Crippen LogP contribution in [0.3, 0.4) is 0 Å². The third-order valence-corrected chi connectivity index (χ3v) is 4.94. The molecule has 1 fully saturated rings. The summed E-state index contributed by atoms with van der Waals surface area (Å²) in [6, 6.07) is 0. The first-order valence-electron chi connectivity index (χ1n) is 9.54. The summed E-state index contributed by atoms with van der Waals surface area (Å²) >= 11 is 0. The first-order chi connectivity index (χ1) is 13.2. The molecule has 0 aromatic carbocycles. The summed E-state index contributed by atoms with van der Waals surface area (Å²) < 4.78 is 6.07. The molecule has 5 nitrogen and oxygen atoms in total. The van der Waals surface area contributed by atoms with E-state index in [-0.39, 0.29) is 6.10 Å². The average molecular weight is 384 g/mol. The summed E-state index contributed by atoms with van der Waals surface area (Å²) in [5, 5.41) is 11.2. The predicted octanol–water partition coefficient (Wildman–Crippen LogP) is 2.90. The number of nitrogens with one attached hydrogen (secondary N) is 3. The third-order valence-electron chi connectivity index (χ3n) is 4.46. The molecule has 1 atom stereocenters. The lowest BCUT2D eigenvalue weighted by molar-refractivity contribution is 0.0736. The van der Waals surface area contributed by atoms with Gasteiger partial charge in [-0.2, -0.15) is 0 Å². The van der Waals surface area contributed by atoms with Gasteiger partial charge in [0.1, 0.15) is 11.9 Å². The molecule has 0 radical (unpaired) electrons. The molecule has 0 aromatic heterocycles. The molecule has 1 unspecified atom stereocenters. The average Bonchev–Trinajstić information content (AvgIpc) is 2.64. The van der Waals surface area contributed by atoms with Gasteiger partial charge < -0.3 is 20.7 Å². The van der Waals surface area contributed by atoms with E-state index < -0.39 is 0 Å². The van der Waals surface area contributed by atoms with Crippen LogP contribution in [0, 0.1) is 0 Å². The minimum absolute atomic E-state index is 0.272. The predicted molar refractivity (Wildman–Crippen MR) is 116 cm³/mol. The summed E-state index contributed by atoms with van der Waals surface area (Å²) in [5.41, 5.74) is 4.37. The zero-order valence-corrected chi connectivity index (χ0v) is 17.2. The van der Waals surface area contributed by atoms with Crippen LogP contribution >= 0.6 is 9.24 Å². The highest BCUT2D eigenvalue weighted by atomic mass is 31.0. The zero-order valence-electron chi connectivity index (χ0n) is 16.1. The van der Waals surface area contributed by atoms with Crippen molar-refractivity contribution in [2.24, 2.45) is 4.99 Å². The Bertz CT molecular complexity index is 767. The molecule has 0 bridgehead atoms. The van der Waals surface area contributed by atoms with Crippen LogP contribution < -0.4 is 16.0 Å². The normalized spacial score (nSPS) is 23.4. The van der Waals surface area contributed by atoms with Crippen LogP contribution in [0.1, 0.15) is 20.3 Å². The molecule has 0 amide bonds. The molecule has 0 saturated carbocycles. The Hall–Kier alpha value is -2.10. The van der Waals surface area contributed by atoms with E-state index in [2.05, 4.69) is 61.4 Å². The summed E-state index contributed by atoms with van der Waals surface area (Å²) in [7, 11) is 2.84. The highest BCUT2D eigenvalue weighted by molar-refractivity contribution is 7.23. The number of allylic oxidation sites excluding steroid dienone is 5. The van der Waals surface area contributed by atoms with Gasteiger partial charge in [-0.15, -0.1) is 9.24 Å². The van der Waals surface area contributed by atoms with Crippen LogP contribution in [0.2, 0.25) is 0 Å². The van der Waals surface area contributed by atoms with Crippen molar-refractivity contribution in [3.63, 3.8) is 0 Å². The third kappa shape index (κ3) is 5.21. The van der Waals surface area contributed by atoms with Crippen LogP contribution in [0.4, 0.5) is 0 Å². The minimum atomic E-state index is 0.272. The lowest BCUT2D eigenvalue weighted by atomic mass is 9.98. The molecule has 144 valence electrons. The van der Waals surface area contributed by atoms with Gasteiger partial charge in [0.2, 0.25) is 0 Å². The van der Waals surface area contributed by atoms with Crippen molar-refractivity contribution >= 4 is 15.0 Å². The van der Waals surface area contributed by atoms with E-state index >= 15 is 0 Å². The van der Waals surface area contributed by atoms with Crippen molar-refractivity contribution in [2.75, 3.05) is 26.2 Å². The largest absolute Gasteiger partial charge is 0.486 e. The second-order valence-corrected chi connectivity index (χ2v) is 7.25. The van der Waals surface area contributed by atoms with Crippen molar-refractivity contribution in [1.29, 1.82) is 0 Å². The van der Waals surface area contributed by atoms with E-state index in [4.69, 9.17) is 4.74 Å². The van der Waals surface area contributed by atoms with E-state index in [1.807, 2.05) is 25.4 Å². The Morgan fingerprint density at radius 3 is 2.93 bits per heavy atom. The Morgan fingerprint density at radius 1 is 1.37 bits per heavy atom. The van der Waals surface area contributed by atoms with Gasteiger partial charge in [0.15, 0.2) is 0 Å². The fourth-order valence-corrected chi connectivity index (χ4v) is 3.46. The van der Waals surface area contributed by atoms with Crippen molar-refractivity contribution in [1.82, 2.24) is 16.0 Å². The minimum Gasteiger partial charge on any atom is -0.486 e. The quantitative estimate of drug-likeness (QED) is 0.591. The second-order valence-electron chi connectivity index (χ2n) is 6.63. The number of hydrogen-bond acceptors (Lipinski definition) is 5. The fourth-order valence-electron chi connectivity index (χ4n) is 2.98. The molecule has 0 spiro atoms. The highest BCUT2D eigenvalue weighted by Crippen LogP contribution is 2.27. The molecule has 1 saturated heterocycles. The molecule has 1 aliphatic carbocycles. The first-order valence-corrected chi connectivity index (χ1v) is 10.1. The lowest BCUT2D eigenvalue weighted by Crippen LogP contribution is -2.48. The van der Waals surface area contributed by atoms with Gasteiger partial charge in [-0.05, 0) is 42.5 Å².